The average molecular weight is 587 g/mol. The third kappa shape index (κ3) is 4.32. The fourth-order valence-corrected chi connectivity index (χ4v) is 5.46. The molecule has 0 N–H and O–H groups in total. The van der Waals surface area contributed by atoms with Gasteiger partial charge in [0.25, 0.3) is 29.3 Å². The van der Waals surface area contributed by atoms with Crippen LogP contribution in [0.25, 0.3) is 0 Å². The van der Waals surface area contributed by atoms with E-state index in [0.29, 0.717) is 12.5 Å². The molecule has 1 atom stereocenters. The monoisotopic (exact) mass is 586 g/mol. The van der Waals surface area contributed by atoms with E-state index in [4.69, 9.17) is 0 Å². The summed E-state index contributed by atoms with van der Waals surface area (Å²) in [7, 11) is 1.17. The Kier molecular flexibility index (Phi) is 6.34. The number of hydrogen-bond acceptors (Lipinski definition) is 4. The maximum Gasteiger partial charge on any atom is 0.431 e. The van der Waals surface area contributed by atoms with E-state index in [1.165, 1.54) is 7.05 Å². The summed E-state index contributed by atoms with van der Waals surface area (Å²) in [6.07, 6.45) is -4.91. The molecular formula is C33H22F4N2O4. The van der Waals surface area contributed by atoms with E-state index in [1.54, 1.807) is 24.3 Å². The number of nitrogens with zero attached hydrogens (tertiary/aromatic N) is 2. The first-order valence-corrected chi connectivity index (χ1v) is 13.2. The molecule has 2 aliphatic rings. The molecule has 0 bridgehead atoms. The van der Waals surface area contributed by atoms with Crippen molar-refractivity contribution in [1.82, 2.24) is 4.90 Å². The minimum atomic E-state index is -5.52. The molecular weight excluding hydrogens is 564 g/mol. The van der Waals surface area contributed by atoms with Crippen LogP contribution in [0.3, 0.4) is 0 Å². The molecule has 0 saturated carbocycles. The van der Waals surface area contributed by atoms with E-state index >= 15 is 4.39 Å². The highest BCUT2D eigenvalue weighted by molar-refractivity contribution is 6.34. The Morgan fingerprint density at radius 1 is 0.581 bits per heavy atom. The first kappa shape index (κ1) is 28.0. The smallest absolute Gasteiger partial charge is 0.277 e. The predicted molar refractivity (Wildman–Crippen MR) is 149 cm³/mol. The normalized spacial score (nSPS) is 16.0. The van der Waals surface area contributed by atoms with E-state index in [2.05, 4.69) is 0 Å². The van der Waals surface area contributed by atoms with E-state index in [1.807, 2.05) is 31.2 Å². The standard InChI is InChI=1S/C33H22F4N2O4/c1-18-3-5-19(6-4-18)15-20-7-11-23(12-8-20)39-30(42)25-14-10-22(17-27(25)31(39)43)32(34,33(35,36)37)21-9-13-24-26(16-21)29(41)38(2)28(24)40/h3-14,16-17H,15H2,1-2H3. The highest BCUT2D eigenvalue weighted by atomic mass is 19.4. The van der Waals surface area contributed by atoms with Crippen molar-refractivity contribution in [3.8, 4) is 0 Å². The van der Waals surface area contributed by atoms with Crippen molar-refractivity contribution in [1.29, 1.82) is 0 Å². The summed E-state index contributed by atoms with van der Waals surface area (Å²) in [4.78, 5) is 52.7. The zero-order valence-electron chi connectivity index (χ0n) is 22.8. The lowest BCUT2D eigenvalue weighted by Crippen LogP contribution is -2.39. The van der Waals surface area contributed by atoms with Gasteiger partial charge in [-0.2, -0.15) is 13.2 Å². The first-order chi connectivity index (χ1) is 20.3. The Morgan fingerprint density at radius 3 is 1.56 bits per heavy atom. The Morgan fingerprint density at radius 2 is 1.02 bits per heavy atom. The van der Waals surface area contributed by atoms with Gasteiger partial charge in [-0.25, -0.2) is 9.29 Å². The summed E-state index contributed by atoms with van der Waals surface area (Å²) in [6.45, 7) is 1.98. The summed E-state index contributed by atoms with van der Waals surface area (Å²) in [6, 6.07) is 19.6. The van der Waals surface area contributed by atoms with Gasteiger partial charge in [-0.05, 0) is 60.9 Å². The van der Waals surface area contributed by atoms with Gasteiger partial charge in [0.15, 0.2) is 0 Å². The molecule has 4 aromatic carbocycles. The third-order valence-electron chi connectivity index (χ3n) is 7.89. The molecule has 0 aromatic heterocycles. The molecule has 0 fully saturated rings. The van der Waals surface area contributed by atoms with Crippen LogP contribution in [0.2, 0.25) is 0 Å². The van der Waals surface area contributed by atoms with Crippen LogP contribution in [-0.2, 0) is 12.1 Å². The van der Waals surface area contributed by atoms with Crippen molar-refractivity contribution in [3.05, 3.63) is 135 Å². The maximum atomic E-state index is 16.4. The van der Waals surface area contributed by atoms with Gasteiger partial charge in [-0.3, -0.25) is 24.1 Å². The lowest BCUT2D eigenvalue weighted by atomic mass is 9.84. The van der Waals surface area contributed by atoms with Gasteiger partial charge in [0.2, 0.25) is 0 Å². The van der Waals surface area contributed by atoms with Crippen molar-refractivity contribution in [2.45, 2.75) is 25.2 Å². The number of carbonyl (C=O) groups excluding carboxylic acids is 4. The van der Waals surface area contributed by atoms with E-state index < -0.39 is 46.6 Å². The van der Waals surface area contributed by atoms with Gasteiger partial charge >= 0.3 is 6.18 Å². The van der Waals surface area contributed by atoms with E-state index in [-0.39, 0.29) is 27.9 Å². The Labute approximate surface area is 243 Å². The molecule has 0 aliphatic carbocycles. The molecule has 216 valence electrons. The number of carbonyl (C=O) groups is 4. The van der Waals surface area contributed by atoms with Crippen LogP contribution in [0.5, 0.6) is 0 Å². The van der Waals surface area contributed by atoms with Gasteiger partial charge < -0.3 is 0 Å². The predicted octanol–water partition coefficient (Wildman–Crippen LogP) is 6.39. The van der Waals surface area contributed by atoms with Gasteiger partial charge in [-0.1, -0.05) is 54.1 Å². The quantitative estimate of drug-likeness (QED) is 0.201. The van der Waals surface area contributed by atoms with Crippen molar-refractivity contribution < 1.29 is 36.7 Å². The van der Waals surface area contributed by atoms with Crippen LogP contribution >= 0.6 is 0 Å². The van der Waals surface area contributed by atoms with Crippen molar-refractivity contribution in [2.24, 2.45) is 0 Å². The Hall–Kier alpha value is -5.12. The number of imide groups is 2. The minimum absolute atomic E-state index is 0.143. The number of amides is 4. The number of benzene rings is 4. The van der Waals surface area contributed by atoms with Crippen molar-refractivity contribution in [2.75, 3.05) is 11.9 Å². The molecule has 10 heteroatoms. The van der Waals surface area contributed by atoms with Gasteiger partial charge in [0.05, 0.1) is 27.9 Å². The average Bonchev–Trinajstić information content (AvgIpc) is 3.36. The third-order valence-corrected chi connectivity index (χ3v) is 7.89. The molecule has 0 spiro atoms. The molecule has 0 radical (unpaired) electrons. The molecule has 2 heterocycles. The molecule has 43 heavy (non-hydrogen) atoms. The summed E-state index contributed by atoms with van der Waals surface area (Å²) in [5.74, 6) is -3.22. The van der Waals surface area contributed by atoms with Crippen LogP contribution < -0.4 is 4.90 Å². The fourth-order valence-electron chi connectivity index (χ4n) is 5.46. The topological polar surface area (TPSA) is 74.8 Å². The largest absolute Gasteiger partial charge is 0.431 e. The molecule has 2 aliphatic heterocycles. The van der Waals surface area contributed by atoms with Gasteiger partial charge in [0.1, 0.15) is 0 Å². The van der Waals surface area contributed by atoms with Crippen LogP contribution in [0.4, 0.5) is 23.2 Å². The summed E-state index contributed by atoms with van der Waals surface area (Å²) < 4.78 is 59.7. The number of aryl methyl sites for hydroxylation is 1. The number of rotatable bonds is 5. The second-order valence-electron chi connectivity index (χ2n) is 10.6. The zero-order chi connectivity index (χ0) is 30.8. The first-order valence-electron chi connectivity index (χ1n) is 13.2. The highest BCUT2D eigenvalue weighted by Gasteiger charge is 2.59. The Bertz CT molecular complexity index is 1850. The maximum absolute atomic E-state index is 16.4. The van der Waals surface area contributed by atoms with Crippen molar-refractivity contribution in [3.63, 3.8) is 0 Å². The highest BCUT2D eigenvalue weighted by Crippen LogP contribution is 2.49. The summed E-state index contributed by atoms with van der Waals surface area (Å²) in [5.41, 5.74) is -3.77. The molecule has 0 saturated heterocycles. The fraction of sp³-hybridized carbons (Fsp3) is 0.152. The van der Waals surface area contributed by atoms with Gasteiger partial charge in [0, 0.05) is 18.2 Å². The molecule has 4 amide bonds. The minimum Gasteiger partial charge on any atom is -0.277 e. The molecule has 6 nitrogen and oxygen atoms in total. The van der Waals surface area contributed by atoms with Gasteiger partial charge in [-0.15, -0.1) is 0 Å². The summed E-state index contributed by atoms with van der Waals surface area (Å²) >= 11 is 0. The number of anilines is 1. The molecule has 1 unspecified atom stereocenters. The second-order valence-corrected chi connectivity index (χ2v) is 10.6. The molecule has 4 aromatic rings. The van der Waals surface area contributed by atoms with Crippen LogP contribution in [-0.4, -0.2) is 41.8 Å². The SMILES string of the molecule is Cc1ccc(Cc2ccc(N3C(=O)c4ccc(C(F)(c5ccc6c(c5)C(=O)N(C)C6=O)C(F)(F)F)cc4C3=O)cc2)cc1. The number of halogens is 4. The number of hydrogen-bond donors (Lipinski definition) is 0. The van der Waals surface area contributed by atoms with E-state index in [9.17, 15) is 32.3 Å². The second kappa shape index (κ2) is 9.72. The van der Waals surface area contributed by atoms with E-state index in [0.717, 1.165) is 56.8 Å². The van der Waals surface area contributed by atoms with Crippen LogP contribution in [0.15, 0.2) is 84.9 Å². The van der Waals surface area contributed by atoms with Crippen molar-refractivity contribution >= 4 is 29.3 Å². The zero-order valence-corrected chi connectivity index (χ0v) is 22.8. The lowest BCUT2D eigenvalue weighted by Gasteiger charge is -2.29. The van der Waals surface area contributed by atoms with Crippen LogP contribution in [0.1, 0.15) is 69.2 Å². The summed E-state index contributed by atoms with van der Waals surface area (Å²) in [5, 5.41) is 0. The number of alkyl halides is 4. The lowest BCUT2D eigenvalue weighted by molar-refractivity contribution is -0.219. The van der Waals surface area contributed by atoms with Crippen LogP contribution in [0, 0.1) is 6.92 Å². The Balaban J connectivity index is 1.34. The molecule has 6 rings (SSSR count). The number of fused-ring (bicyclic) bond motifs is 2.